The highest BCUT2D eigenvalue weighted by atomic mass is 35.5. The molecule has 2 aromatic rings. The van der Waals surface area contributed by atoms with Crippen LogP contribution in [0.4, 0.5) is 0 Å². The highest BCUT2D eigenvalue weighted by molar-refractivity contribution is 6.42. The Bertz CT molecular complexity index is 884. The van der Waals surface area contributed by atoms with Crippen molar-refractivity contribution < 1.29 is 9.59 Å². The predicted octanol–water partition coefficient (Wildman–Crippen LogP) is 6.18. The van der Waals surface area contributed by atoms with Crippen LogP contribution in [0.25, 0.3) is 0 Å². The Labute approximate surface area is 197 Å². The van der Waals surface area contributed by atoms with E-state index < -0.39 is 6.04 Å². The van der Waals surface area contributed by atoms with Crippen LogP contribution < -0.4 is 5.32 Å². The molecule has 2 rings (SSSR count). The van der Waals surface area contributed by atoms with Crippen molar-refractivity contribution in [3.05, 3.63) is 67.6 Å². The van der Waals surface area contributed by atoms with E-state index in [9.17, 15) is 9.59 Å². The molecule has 2 aromatic carbocycles. The Morgan fingerprint density at radius 1 is 0.967 bits per heavy atom. The first-order valence-corrected chi connectivity index (χ1v) is 11.2. The number of rotatable bonds is 9. The van der Waals surface area contributed by atoms with Gasteiger partial charge in [0.15, 0.2) is 0 Å². The second-order valence-corrected chi connectivity index (χ2v) is 8.49. The zero-order valence-electron chi connectivity index (χ0n) is 16.9. The van der Waals surface area contributed by atoms with Crippen molar-refractivity contribution >= 4 is 58.2 Å². The van der Waals surface area contributed by atoms with E-state index in [0.717, 1.165) is 6.42 Å². The molecule has 0 fully saturated rings. The first-order valence-electron chi connectivity index (χ1n) is 9.72. The monoisotopic (exact) mass is 488 g/mol. The van der Waals surface area contributed by atoms with Gasteiger partial charge in [-0.1, -0.05) is 72.4 Å². The van der Waals surface area contributed by atoms with Gasteiger partial charge in [0.05, 0.1) is 16.5 Å². The molecule has 0 spiro atoms. The molecule has 8 heteroatoms. The second-order valence-electron chi connectivity index (χ2n) is 6.86. The van der Waals surface area contributed by atoms with Crippen molar-refractivity contribution in [2.75, 3.05) is 6.54 Å². The number of nitrogens with zero attached hydrogens (tertiary/aromatic N) is 1. The Morgan fingerprint density at radius 2 is 1.63 bits per heavy atom. The van der Waals surface area contributed by atoms with Crippen LogP contribution in [0.5, 0.6) is 0 Å². The van der Waals surface area contributed by atoms with E-state index >= 15 is 0 Å². The summed E-state index contributed by atoms with van der Waals surface area (Å²) in [5, 5.41) is 4.55. The van der Waals surface area contributed by atoms with Gasteiger partial charge in [-0.05, 0) is 42.7 Å². The molecule has 0 bridgehead atoms. The van der Waals surface area contributed by atoms with E-state index in [1.54, 1.807) is 36.4 Å². The zero-order valence-corrected chi connectivity index (χ0v) is 19.9. The average molecular weight is 490 g/mol. The number of hydrogen-bond donors (Lipinski definition) is 1. The molecule has 0 heterocycles. The minimum absolute atomic E-state index is 0.0660. The molecule has 2 amide bonds. The van der Waals surface area contributed by atoms with E-state index in [2.05, 4.69) is 5.32 Å². The summed E-state index contributed by atoms with van der Waals surface area (Å²) in [6.07, 6.45) is 1.32. The summed E-state index contributed by atoms with van der Waals surface area (Å²) in [4.78, 5) is 27.6. The minimum Gasteiger partial charge on any atom is -0.354 e. The normalized spacial score (nSPS) is 11.8. The molecule has 0 aliphatic heterocycles. The number of carbonyl (C=O) groups is 2. The maximum Gasteiger partial charge on any atom is 0.242 e. The Balaban J connectivity index is 2.36. The van der Waals surface area contributed by atoms with Gasteiger partial charge >= 0.3 is 0 Å². The van der Waals surface area contributed by atoms with Gasteiger partial charge in [0.2, 0.25) is 11.8 Å². The van der Waals surface area contributed by atoms with Crippen molar-refractivity contribution in [2.24, 2.45) is 0 Å². The molecular formula is C22H24Cl4N2O2. The molecule has 30 heavy (non-hydrogen) atoms. The Morgan fingerprint density at radius 3 is 2.20 bits per heavy atom. The van der Waals surface area contributed by atoms with Crippen LogP contribution in [-0.2, 0) is 22.6 Å². The summed E-state index contributed by atoms with van der Waals surface area (Å²) in [6, 6.07) is 9.55. The summed E-state index contributed by atoms with van der Waals surface area (Å²) in [5.74, 6) is -0.437. The number of amides is 2. The molecule has 0 aliphatic carbocycles. The third kappa shape index (κ3) is 6.52. The SMILES string of the molecule is CCCNC(=O)[C@H](CC)N(Cc1c(Cl)cccc1Cl)C(=O)Cc1ccc(Cl)c(Cl)c1. The lowest BCUT2D eigenvalue weighted by atomic mass is 10.1. The first-order chi connectivity index (χ1) is 14.3. The molecule has 0 saturated heterocycles. The maximum atomic E-state index is 13.3. The quantitative estimate of drug-likeness (QED) is 0.457. The summed E-state index contributed by atoms with van der Waals surface area (Å²) < 4.78 is 0. The van der Waals surface area contributed by atoms with Crippen LogP contribution in [0.15, 0.2) is 36.4 Å². The van der Waals surface area contributed by atoms with Crippen LogP contribution in [0, 0.1) is 0 Å². The topological polar surface area (TPSA) is 49.4 Å². The molecule has 0 radical (unpaired) electrons. The van der Waals surface area contributed by atoms with Crippen molar-refractivity contribution in [1.29, 1.82) is 0 Å². The number of nitrogens with one attached hydrogen (secondary N) is 1. The smallest absolute Gasteiger partial charge is 0.242 e. The highest BCUT2D eigenvalue weighted by Gasteiger charge is 2.29. The van der Waals surface area contributed by atoms with Crippen molar-refractivity contribution in [2.45, 2.75) is 45.7 Å². The van der Waals surface area contributed by atoms with E-state index in [1.807, 2.05) is 13.8 Å². The molecule has 162 valence electrons. The lowest BCUT2D eigenvalue weighted by Gasteiger charge is -2.31. The van der Waals surface area contributed by atoms with Gasteiger partial charge in [0, 0.05) is 28.7 Å². The predicted molar refractivity (Wildman–Crippen MR) is 125 cm³/mol. The standard InChI is InChI=1S/C22H24Cl4N2O2/c1-3-10-27-22(30)20(4-2)28(13-15-16(23)6-5-7-17(15)24)21(29)12-14-8-9-18(25)19(26)11-14/h5-9,11,20H,3-4,10,12-13H2,1-2H3,(H,27,30)/t20-/m0/s1. The fourth-order valence-electron chi connectivity index (χ4n) is 3.07. The average Bonchev–Trinajstić information content (AvgIpc) is 2.71. The molecule has 0 aliphatic rings. The van der Waals surface area contributed by atoms with Crippen molar-refractivity contribution in [3.63, 3.8) is 0 Å². The molecule has 0 saturated carbocycles. The van der Waals surface area contributed by atoms with Crippen molar-refractivity contribution in [3.8, 4) is 0 Å². The van der Waals surface area contributed by atoms with Gasteiger partial charge in [-0.3, -0.25) is 9.59 Å². The van der Waals surface area contributed by atoms with Crippen LogP contribution in [0.3, 0.4) is 0 Å². The van der Waals surface area contributed by atoms with Gasteiger partial charge in [-0.2, -0.15) is 0 Å². The van der Waals surface area contributed by atoms with E-state index in [1.165, 1.54) is 4.90 Å². The fourth-order valence-corrected chi connectivity index (χ4v) is 3.90. The number of hydrogen-bond acceptors (Lipinski definition) is 2. The summed E-state index contributed by atoms with van der Waals surface area (Å²) in [7, 11) is 0. The van der Waals surface area contributed by atoms with Gasteiger partial charge < -0.3 is 10.2 Å². The van der Waals surface area contributed by atoms with Gasteiger partial charge in [-0.15, -0.1) is 0 Å². The van der Waals surface area contributed by atoms with E-state index in [-0.39, 0.29) is 24.8 Å². The van der Waals surface area contributed by atoms with E-state index in [0.29, 0.717) is 44.2 Å². The molecule has 4 nitrogen and oxygen atoms in total. The zero-order chi connectivity index (χ0) is 22.3. The molecule has 1 atom stereocenters. The largest absolute Gasteiger partial charge is 0.354 e. The van der Waals surface area contributed by atoms with Crippen LogP contribution >= 0.6 is 46.4 Å². The fraction of sp³-hybridized carbons (Fsp3) is 0.364. The number of halogens is 4. The third-order valence-corrected chi connectivity index (χ3v) is 6.11. The van der Waals surface area contributed by atoms with Gasteiger partial charge in [0.1, 0.15) is 6.04 Å². The number of carbonyl (C=O) groups excluding carboxylic acids is 2. The number of benzene rings is 2. The van der Waals surface area contributed by atoms with Crippen LogP contribution in [0.1, 0.15) is 37.8 Å². The summed E-state index contributed by atoms with van der Waals surface area (Å²) in [5.41, 5.74) is 1.30. The first kappa shape index (κ1) is 24.8. The summed E-state index contributed by atoms with van der Waals surface area (Å²) >= 11 is 24.7. The van der Waals surface area contributed by atoms with Crippen LogP contribution in [0.2, 0.25) is 20.1 Å². The van der Waals surface area contributed by atoms with E-state index in [4.69, 9.17) is 46.4 Å². The molecular weight excluding hydrogens is 466 g/mol. The van der Waals surface area contributed by atoms with Gasteiger partial charge in [0.25, 0.3) is 0 Å². The minimum atomic E-state index is -0.654. The molecule has 0 unspecified atom stereocenters. The lowest BCUT2D eigenvalue weighted by molar-refractivity contribution is -0.140. The molecule has 1 N–H and O–H groups in total. The van der Waals surface area contributed by atoms with Crippen molar-refractivity contribution in [1.82, 2.24) is 10.2 Å². The maximum absolute atomic E-state index is 13.3. The Kier molecular flexibility index (Phi) is 9.76. The van der Waals surface area contributed by atoms with Gasteiger partial charge in [-0.25, -0.2) is 0 Å². The van der Waals surface area contributed by atoms with Crippen LogP contribution in [-0.4, -0.2) is 29.3 Å². The highest BCUT2D eigenvalue weighted by Crippen LogP contribution is 2.28. The lowest BCUT2D eigenvalue weighted by Crippen LogP contribution is -2.49. The third-order valence-electron chi connectivity index (χ3n) is 4.66. The Hall–Kier alpha value is -1.46. The second kappa shape index (κ2) is 11.8. The summed E-state index contributed by atoms with van der Waals surface area (Å²) in [6.45, 7) is 4.50. The molecule has 0 aromatic heterocycles.